The predicted molar refractivity (Wildman–Crippen MR) is 310 cm³/mol. The second-order valence-corrected chi connectivity index (χ2v) is 18.5. The fourth-order valence-electron chi connectivity index (χ4n) is 9.95. The predicted octanol–water partition coefficient (Wildman–Crippen LogP) is 18.0. The fraction of sp³-hybridized carbons (Fsp3) is 0.0882. The lowest BCUT2D eigenvalue weighted by Crippen LogP contribution is -2.31. The number of para-hydroxylation sites is 1. The molecule has 10 rings (SSSR count). The van der Waals surface area contributed by atoms with Crippen LogP contribution in [0.1, 0.15) is 56.9 Å². The van der Waals surface area contributed by atoms with Crippen molar-refractivity contribution in [1.29, 1.82) is 0 Å². The first-order chi connectivity index (χ1) is 35.3. The molecule has 0 unspecified atom stereocenters. The van der Waals surface area contributed by atoms with Crippen molar-refractivity contribution in [3.63, 3.8) is 0 Å². The number of aromatic nitrogens is 1. The van der Waals surface area contributed by atoms with Gasteiger partial charge >= 0.3 is 0 Å². The zero-order chi connectivity index (χ0) is 49.6. The van der Waals surface area contributed by atoms with Gasteiger partial charge in [-0.15, -0.1) is 0 Å². The van der Waals surface area contributed by atoms with Gasteiger partial charge < -0.3 is 9.47 Å². The van der Waals surface area contributed by atoms with Crippen LogP contribution in [-0.4, -0.2) is 16.6 Å². The minimum Gasteiger partial charge on any atom is -0.317 e. The highest BCUT2D eigenvalue weighted by Crippen LogP contribution is 2.48. The van der Waals surface area contributed by atoms with Gasteiger partial charge in [0.2, 0.25) is 0 Å². The summed E-state index contributed by atoms with van der Waals surface area (Å²) in [6.07, 6.45) is 22.9. The van der Waals surface area contributed by atoms with Crippen LogP contribution in [0, 0.1) is 0 Å². The molecule has 0 spiro atoms. The molecule has 1 aliphatic heterocycles. The molecule has 350 valence electrons. The summed E-state index contributed by atoms with van der Waals surface area (Å²) < 4.78 is 2.46. The van der Waals surface area contributed by atoms with Gasteiger partial charge in [0.1, 0.15) is 0 Å². The minimum absolute atomic E-state index is 0.309. The summed E-state index contributed by atoms with van der Waals surface area (Å²) >= 11 is 0. The zero-order valence-electron chi connectivity index (χ0n) is 41.7. The Bertz CT molecular complexity index is 3740. The number of allylic oxidation sites excluding steroid dienone is 10. The number of hydrogen-bond acceptors (Lipinski definition) is 2. The van der Waals surface area contributed by atoms with Crippen LogP contribution in [0.2, 0.25) is 0 Å². The van der Waals surface area contributed by atoms with E-state index in [4.69, 9.17) is 9.98 Å². The third kappa shape index (κ3) is 9.07. The highest BCUT2D eigenvalue weighted by molar-refractivity contribution is 6.23. The van der Waals surface area contributed by atoms with Gasteiger partial charge in [0, 0.05) is 62.4 Å². The second-order valence-electron chi connectivity index (χ2n) is 18.5. The summed E-state index contributed by atoms with van der Waals surface area (Å²) in [6, 6.07) is 65.0. The minimum atomic E-state index is -0.309. The Morgan fingerprint density at radius 2 is 1.31 bits per heavy atom. The molecule has 8 aromatic carbocycles. The van der Waals surface area contributed by atoms with Crippen molar-refractivity contribution in [3.8, 4) is 27.9 Å². The molecule has 0 saturated carbocycles. The molecule has 72 heavy (non-hydrogen) atoms. The van der Waals surface area contributed by atoms with Crippen LogP contribution in [-0.2, 0) is 5.41 Å². The van der Waals surface area contributed by atoms with Crippen molar-refractivity contribution in [1.82, 2.24) is 4.57 Å². The molecule has 0 aliphatic carbocycles. The first-order valence-electron chi connectivity index (χ1n) is 24.8. The van der Waals surface area contributed by atoms with Gasteiger partial charge in [-0.2, -0.15) is 0 Å². The highest BCUT2D eigenvalue weighted by Gasteiger charge is 2.34. The normalized spacial score (nSPS) is 14.4. The molecule has 0 atom stereocenters. The molecule has 0 bridgehead atoms. The molecule has 1 aromatic heterocycles. The van der Waals surface area contributed by atoms with Crippen molar-refractivity contribution in [3.05, 3.63) is 283 Å². The van der Waals surface area contributed by atoms with Gasteiger partial charge in [-0.25, -0.2) is 9.98 Å². The number of amidine groups is 1. The summed E-state index contributed by atoms with van der Waals surface area (Å²) in [7, 11) is 0. The van der Waals surface area contributed by atoms with Gasteiger partial charge in [0.15, 0.2) is 5.84 Å². The van der Waals surface area contributed by atoms with E-state index < -0.39 is 0 Å². The Labute approximate surface area is 424 Å². The molecular formula is C68H58N4. The lowest BCUT2D eigenvalue weighted by Gasteiger charge is -2.39. The Morgan fingerprint density at radius 3 is 2.07 bits per heavy atom. The average molecular weight is 931 g/mol. The van der Waals surface area contributed by atoms with Gasteiger partial charge in [-0.3, -0.25) is 0 Å². The first kappa shape index (κ1) is 46.8. The van der Waals surface area contributed by atoms with Crippen LogP contribution in [0.5, 0.6) is 0 Å². The summed E-state index contributed by atoms with van der Waals surface area (Å²) in [4.78, 5) is 12.7. The van der Waals surface area contributed by atoms with Crippen LogP contribution >= 0.6 is 0 Å². The number of anilines is 1. The quantitative estimate of drug-likeness (QED) is 0.0683. The third-order valence-corrected chi connectivity index (χ3v) is 13.7. The monoisotopic (exact) mass is 930 g/mol. The topological polar surface area (TPSA) is 32.9 Å². The molecule has 9 aromatic rings. The maximum absolute atomic E-state index is 5.33. The number of rotatable bonds is 12. The van der Waals surface area contributed by atoms with Gasteiger partial charge in [0.05, 0.1) is 16.7 Å². The maximum Gasteiger partial charge on any atom is 0.159 e. The summed E-state index contributed by atoms with van der Waals surface area (Å²) in [5.41, 5.74) is 16.0. The Morgan fingerprint density at radius 1 is 0.611 bits per heavy atom. The Balaban J connectivity index is 1.13. The van der Waals surface area contributed by atoms with Gasteiger partial charge in [0.25, 0.3) is 0 Å². The van der Waals surface area contributed by atoms with Crippen molar-refractivity contribution in [2.24, 2.45) is 9.98 Å². The molecular weight excluding hydrogens is 873 g/mol. The molecule has 0 fully saturated rings. The number of fused-ring (bicyclic) bond motifs is 6. The van der Waals surface area contributed by atoms with Crippen LogP contribution in [0.25, 0.3) is 66.2 Å². The number of hydrogen-bond donors (Lipinski definition) is 0. The van der Waals surface area contributed by atoms with E-state index in [2.05, 4.69) is 243 Å². The smallest absolute Gasteiger partial charge is 0.159 e. The highest BCUT2D eigenvalue weighted by atomic mass is 15.1. The van der Waals surface area contributed by atoms with Crippen molar-refractivity contribution >= 4 is 56.0 Å². The summed E-state index contributed by atoms with van der Waals surface area (Å²) in [5.74, 6) is 0.633. The molecule has 0 amide bonds. The van der Waals surface area contributed by atoms with Gasteiger partial charge in [-0.05, 0) is 107 Å². The van der Waals surface area contributed by atoms with E-state index in [0.717, 1.165) is 61.6 Å². The van der Waals surface area contributed by atoms with Crippen LogP contribution in [0.15, 0.2) is 271 Å². The molecule has 1 aliphatic rings. The molecule has 2 heterocycles. The molecule has 4 heteroatoms. The van der Waals surface area contributed by atoms with Crippen molar-refractivity contribution in [2.75, 3.05) is 4.90 Å². The number of aliphatic imine (C=N–C) groups is 2. The fourth-order valence-corrected chi connectivity index (χ4v) is 9.95. The Hall–Kier alpha value is -8.86. The van der Waals surface area contributed by atoms with E-state index in [0.29, 0.717) is 5.84 Å². The number of benzene rings is 8. The van der Waals surface area contributed by atoms with E-state index in [1.807, 2.05) is 56.5 Å². The van der Waals surface area contributed by atoms with E-state index in [1.165, 1.54) is 43.8 Å². The average Bonchev–Trinajstić information content (AvgIpc) is 3.78. The van der Waals surface area contributed by atoms with Crippen molar-refractivity contribution in [2.45, 2.75) is 40.0 Å². The first-order valence-corrected chi connectivity index (χ1v) is 24.8. The van der Waals surface area contributed by atoms with Crippen LogP contribution in [0.3, 0.4) is 0 Å². The lowest BCUT2D eigenvalue weighted by molar-refractivity contribution is 0.626. The zero-order valence-corrected chi connectivity index (χ0v) is 41.7. The molecule has 0 saturated heterocycles. The van der Waals surface area contributed by atoms with Gasteiger partial charge in [-0.1, -0.05) is 215 Å². The van der Waals surface area contributed by atoms with Crippen LogP contribution < -0.4 is 4.90 Å². The molecule has 0 N–H and O–H groups in total. The second kappa shape index (κ2) is 20.6. The maximum atomic E-state index is 5.33. The summed E-state index contributed by atoms with van der Waals surface area (Å²) in [6.45, 7) is 15.0. The largest absolute Gasteiger partial charge is 0.317 e. The SMILES string of the molecule is C=C/C(=C\C=C/C)N1C=C(/C=C\C=C/C)C(C)(C)c2cc(-c3cccc4c5c6ccccc6ccc5n(-c5cccc(/C(=C/C)N=C(N=Cc6ccc(-c7ccccc7)cc6)c6ccccc6)c5)c34)ccc21. The third-order valence-electron chi connectivity index (χ3n) is 13.7. The van der Waals surface area contributed by atoms with E-state index in [-0.39, 0.29) is 5.41 Å². The van der Waals surface area contributed by atoms with E-state index >= 15 is 0 Å². The van der Waals surface area contributed by atoms with Crippen molar-refractivity contribution < 1.29 is 0 Å². The number of nitrogens with zero attached hydrogens (tertiary/aromatic N) is 4. The van der Waals surface area contributed by atoms with E-state index in [1.54, 1.807) is 0 Å². The molecule has 0 radical (unpaired) electrons. The van der Waals surface area contributed by atoms with E-state index in [9.17, 15) is 0 Å². The lowest BCUT2D eigenvalue weighted by atomic mass is 9.74. The molecule has 4 nitrogen and oxygen atoms in total. The summed E-state index contributed by atoms with van der Waals surface area (Å²) in [5, 5.41) is 4.86. The van der Waals surface area contributed by atoms with Crippen LogP contribution in [0.4, 0.5) is 5.69 Å². The Kier molecular flexibility index (Phi) is 13.4. The standard InChI is InChI=1S/C68H58N4/c1-7-11-15-30-55-47-71(56(9-3)31-12-8-2)63-42-41-53(45-61(63)68(55,5)6)59-34-23-35-60-65-58-33-21-20-26-51(58)40-43-64(65)72(66(59)60)57-32-22-29-54(44-57)62(10-4)70-67(52-27-18-14-19-28-52)69-46-48-36-38-50(39-37-48)49-24-16-13-17-25-49/h7-47H,3H2,1-2,4-6H3/b11-7-,12-8-,30-15-,56-31+,62-10-,69-46?,70-67?.